The Bertz CT molecular complexity index is 314. The fourth-order valence-electron chi connectivity index (χ4n) is 2.29. The number of rotatable bonds is 3. The largest absolute Gasteiger partial charge is 0.330 e. The van der Waals surface area contributed by atoms with Crippen molar-refractivity contribution in [3.05, 3.63) is 24.3 Å². The molecule has 1 aromatic heterocycles. The summed E-state index contributed by atoms with van der Waals surface area (Å²) in [5, 5.41) is 0. The van der Waals surface area contributed by atoms with Crippen LogP contribution in [0.25, 0.3) is 0 Å². The van der Waals surface area contributed by atoms with Gasteiger partial charge in [0.25, 0.3) is 0 Å². The van der Waals surface area contributed by atoms with E-state index in [0.29, 0.717) is 5.92 Å². The maximum absolute atomic E-state index is 5.79. The molecule has 0 aromatic carbocycles. The average molecular weight is 220 g/mol. The standard InChI is InChI=1S/C12H20N4/c1-10-3-6-16(8-11(10)7-13)9-12-14-4-2-5-15-12/h2,4-5,10-11H,3,6-9,13H2,1H3. The highest BCUT2D eigenvalue weighted by Gasteiger charge is 2.25. The van der Waals surface area contributed by atoms with Crippen LogP contribution in [0, 0.1) is 11.8 Å². The van der Waals surface area contributed by atoms with E-state index in [2.05, 4.69) is 21.8 Å². The smallest absolute Gasteiger partial charge is 0.142 e. The monoisotopic (exact) mass is 220 g/mol. The molecule has 0 spiro atoms. The van der Waals surface area contributed by atoms with Crippen LogP contribution in [0.5, 0.6) is 0 Å². The molecule has 0 radical (unpaired) electrons. The normalized spacial score (nSPS) is 26.9. The molecule has 2 N–H and O–H groups in total. The first-order valence-corrected chi connectivity index (χ1v) is 5.98. The minimum Gasteiger partial charge on any atom is -0.330 e. The van der Waals surface area contributed by atoms with Gasteiger partial charge >= 0.3 is 0 Å². The van der Waals surface area contributed by atoms with E-state index in [0.717, 1.165) is 37.9 Å². The van der Waals surface area contributed by atoms with Crippen LogP contribution in [0.1, 0.15) is 19.2 Å². The first kappa shape index (κ1) is 11.5. The highest BCUT2D eigenvalue weighted by molar-refractivity contribution is 4.90. The molecule has 2 rings (SSSR count). The van der Waals surface area contributed by atoms with Crippen molar-refractivity contribution in [3.63, 3.8) is 0 Å². The SMILES string of the molecule is CC1CCN(Cc2ncccn2)CC1CN. The van der Waals surface area contributed by atoms with Gasteiger partial charge in [0.2, 0.25) is 0 Å². The second-order valence-electron chi connectivity index (χ2n) is 4.66. The highest BCUT2D eigenvalue weighted by Crippen LogP contribution is 2.22. The van der Waals surface area contributed by atoms with Gasteiger partial charge in [0.1, 0.15) is 5.82 Å². The summed E-state index contributed by atoms with van der Waals surface area (Å²) in [5.74, 6) is 2.28. The van der Waals surface area contributed by atoms with Crippen LogP contribution in [0.3, 0.4) is 0 Å². The second kappa shape index (κ2) is 5.37. The van der Waals surface area contributed by atoms with Crippen molar-refractivity contribution in [1.29, 1.82) is 0 Å². The molecule has 1 aromatic rings. The fourth-order valence-corrected chi connectivity index (χ4v) is 2.29. The van der Waals surface area contributed by atoms with Crippen LogP contribution in [0.4, 0.5) is 0 Å². The first-order chi connectivity index (χ1) is 7.79. The van der Waals surface area contributed by atoms with E-state index in [9.17, 15) is 0 Å². The van der Waals surface area contributed by atoms with Crippen LogP contribution in [0.2, 0.25) is 0 Å². The molecule has 4 nitrogen and oxygen atoms in total. The van der Waals surface area contributed by atoms with Crippen LogP contribution in [-0.4, -0.2) is 34.5 Å². The Morgan fingerprint density at radius 2 is 2.19 bits per heavy atom. The van der Waals surface area contributed by atoms with Gasteiger partial charge in [0.05, 0.1) is 6.54 Å². The van der Waals surface area contributed by atoms with E-state index in [4.69, 9.17) is 5.73 Å². The lowest BCUT2D eigenvalue weighted by Crippen LogP contribution is -2.42. The van der Waals surface area contributed by atoms with Gasteiger partial charge in [-0.15, -0.1) is 0 Å². The van der Waals surface area contributed by atoms with Crippen LogP contribution >= 0.6 is 0 Å². The number of nitrogens with zero attached hydrogens (tertiary/aromatic N) is 3. The van der Waals surface area contributed by atoms with Gasteiger partial charge in [0, 0.05) is 18.9 Å². The van der Waals surface area contributed by atoms with E-state index in [1.54, 1.807) is 12.4 Å². The summed E-state index contributed by atoms with van der Waals surface area (Å²) in [6, 6.07) is 1.85. The highest BCUT2D eigenvalue weighted by atomic mass is 15.2. The van der Waals surface area contributed by atoms with Gasteiger partial charge in [-0.2, -0.15) is 0 Å². The molecule has 1 aliphatic rings. The van der Waals surface area contributed by atoms with Crippen molar-refractivity contribution in [1.82, 2.24) is 14.9 Å². The van der Waals surface area contributed by atoms with Crippen molar-refractivity contribution >= 4 is 0 Å². The molecule has 2 unspecified atom stereocenters. The van der Waals surface area contributed by atoms with Crippen LogP contribution in [0.15, 0.2) is 18.5 Å². The Balaban J connectivity index is 1.92. The molecular weight excluding hydrogens is 200 g/mol. The molecule has 0 saturated carbocycles. The van der Waals surface area contributed by atoms with Gasteiger partial charge in [-0.3, -0.25) is 4.90 Å². The van der Waals surface area contributed by atoms with E-state index >= 15 is 0 Å². The molecule has 0 amide bonds. The molecule has 2 atom stereocenters. The Morgan fingerprint density at radius 3 is 2.88 bits per heavy atom. The summed E-state index contributed by atoms with van der Waals surface area (Å²) in [6.45, 7) is 6.15. The zero-order chi connectivity index (χ0) is 11.4. The van der Waals surface area contributed by atoms with Crippen molar-refractivity contribution in [3.8, 4) is 0 Å². The predicted octanol–water partition coefficient (Wildman–Crippen LogP) is 0.893. The number of hydrogen-bond donors (Lipinski definition) is 1. The van der Waals surface area contributed by atoms with Crippen molar-refractivity contribution < 1.29 is 0 Å². The Morgan fingerprint density at radius 1 is 1.44 bits per heavy atom. The van der Waals surface area contributed by atoms with Gasteiger partial charge in [0.15, 0.2) is 0 Å². The van der Waals surface area contributed by atoms with Gasteiger partial charge in [-0.25, -0.2) is 9.97 Å². The molecule has 0 aliphatic carbocycles. The third-order valence-electron chi connectivity index (χ3n) is 3.49. The van der Waals surface area contributed by atoms with Crippen LogP contribution < -0.4 is 5.73 Å². The number of hydrogen-bond acceptors (Lipinski definition) is 4. The van der Waals surface area contributed by atoms with Gasteiger partial charge in [-0.05, 0) is 37.4 Å². The molecule has 0 bridgehead atoms. The summed E-state index contributed by atoms with van der Waals surface area (Å²) in [5.41, 5.74) is 5.79. The first-order valence-electron chi connectivity index (χ1n) is 5.98. The summed E-state index contributed by atoms with van der Waals surface area (Å²) >= 11 is 0. The third-order valence-corrected chi connectivity index (χ3v) is 3.49. The maximum atomic E-state index is 5.79. The number of piperidine rings is 1. The Kier molecular flexibility index (Phi) is 3.85. The van der Waals surface area contributed by atoms with Crippen LogP contribution in [-0.2, 0) is 6.54 Å². The molecule has 1 fully saturated rings. The summed E-state index contributed by atoms with van der Waals surface area (Å²) < 4.78 is 0. The molecule has 1 aliphatic heterocycles. The number of likely N-dealkylation sites (tertiary alicyclic amines) is 1. The van der Waals surface area contributed by atoms with Crippen molar-refractivity contribution in [2.24, 2.45) is 17.6 Å². The fraction of sp³-hybridized carbons (Fsp3) is 0.667. The van der Waals surface area contributed by atoms with E-state index < -0.39 is 0 Å². The number of aromatic nitrogens is 2. The molecule has 16 heavy (non-hydrogen) atoms. The Hall–Kier alpha value is -1.00. The summed E-state index contributed by atoms with van der Waals surface area (Å²) in [7, 11) is 0. The number of nitrogens with two attached hydrogens (primary N) is 1. The zero-order valence-corrected chi connectivity index (χ0v) is 9.84. The van der Waals surface area contributed by atoms with Crippen molar-refractivity contribution in [2.45, 2.75) is 19.9 Å². The van der Waals surface area contributed by atoms with E-state index in [1.165, 1.54) is 6.42 Å². The van der Waals surface area contributed by atoms with E-state index in [1.807, 2.05) is 6.07 Å². The lowest BCUT2D eigenvalue weighted by molar-refractivity contribution is 0.123. The molecule has 4 heteroatoms. The van der Waals surface area contributed by atoms with E-state index in [-0.39, 0.29) is 0 Å². The second-order valence-corrected chi connectivity index (χ2v) is 4.66. The lowest BCUT2D eigenvalue weighted by Gasteiger charge is -2.36. The Labute approximate surface area is 96.9 Å². The van der Waals surface area contributed by atoms with Gasteiger partial charge in [-0.1, -0.05) is 6.92 Å². The minimum atomic E-state index is 0.623. The topological polar surface area (TPSA) is 55.0 Å². The average Bonchev–Trinajstić information content (AvgIpc) is 2.33. The molecular formula is C12H20N4. The maximum Gasteiger partial charge on any atom is 0.142 e. The molecule has 88 valence electrons. The third kappa shape index (κ3) is 2.77. The van der Waals surface area contributed by atoms with Gasteiger partial charge < -0.3 is 5.73 Å². The molecule has 2 heterocycles. The molecule has 1 saturated heterocycles. The lowest BCUT2D eigenvalue weighted by atomic mass is 9.87. The zero-order valence-electron chi connectivity index (χ0n) is 9.84. The predicted molar refractivity (Wildman–Crippen MR) is 63.6 cm³/mol. The van der Waals surface area contributed by atoms with Crippen molar-refractivity contribution in [2.75, 3.05) is 19.6 Å². The minimum absolute atomic E-state index is 0.623. The summed E-state index contributed by atoms with van der Waals surface area (Å²) in [4.78, 5) is 10.9. The summed E-state index contributed by atoms with van der Waals surface area (Å²) in [6.07, 6.45) is 4.83. The quantitative estimate of drug-likeness (QED) is 0.822.